The molecule has 1 heterocycles. The summed E-state index contributed by atoms with van der Waals surface area (Å²) in [6, 6.07) is 9.11. The molecule has 0 saturated carbocycles. The fraction of sp³-hybridized carbons (Fsp3) is 0.700. The van der Waals surface area contributed by atoms with Crippen LogP contribution in [0.25, 0.3) is 0 Å². The molecule has 0 aliphatic carbocycles. The van der Waals surface area contributed by atoms with Crippen LogP contribution in [0.2, 0.25) is 0 Å². The van der Waals surface area contributed by atoms with Crippen molar-refractivity contribution in [3.63, 3.8) is 0 Å². The number of benzene rings is 1. The third-order valence-corrected chi connectivity index (χ3v) is 4.83. The van der Waals surface area contributed by atoms with E-state index in [2.05, 4.69) is 48.5 Å². The van der Waals surface area contributed by atoms with E-state index in [9.17, 15) is 0 Å². The highest BCUT2D eigenvalue weighted by Crippen LogP contribution is 2.21. The van der Waals surface area contributed by atoms with Crippen molar-refractivity contribution in [3.8, 4) is 5.75 Å². The van der Waals surface area contributed by atoms with E-state index in [-0.39, 0.29) is 0 Å². The molecule has 1 N–H and O–H groups in total. The van der Waals surface area contributed by atoms with Crippen LogP contribution in [-0.2, 0) is 0 Å². The molecule has 1 saturated heterocycles. The smallest absolute Gasteiger partial charge is 0.119 e. The molecule has 3 heteroatoms. The minimum atomic E-state index is 0.439. The van der Waals surface area contributed by atoms with E-state index in [1.54, 1.807) is 0 Å². The number of nitrogens with zero attached hydrogens (tertiary/aromatic N) is 1. The first-order valence-corrected chi connectivity index (χ1v) is 9.46. The molecule has 130 valence electrons. The Morgan fingerprint density at radius 1 is 1.09 bits per heavy atom. The zero-order valence-corrected chi connectivity index (χ0v) is 15.0. The first-order valence-electron chi connectivity index (χ1n) is 9.46. The second-order valence-corrected chi connectivity index (χ2v) is 6.66. The quantitative estimate of drug-likeness (QED) is 0.612. The van der Waals surface area contributed by atoms with Crippen LogP contribution in [0.15, 0.2) is 24.3 Å². The lowest BCUT2D eigenvalue weighted by Gasteiger charge is -2.21. The second kappa shape index (κ2) is 10.7. The zero-order valence-electron chi connectivity index (χ0n) is 15.0. The van der Waals surface area contributed by atoms with Crippen LogP contribution in [0.5, 0.6) is 5.75 Å². The predicted octanol–water partition coefficient (Wildman–Crippen LogP) is 4.39. The Bertz CT molecular complexity index is 412. The second-order valence-electron chi connectivity index (χ2n) is 6.66. The molecular formula is C20H34N2O. The molecular weight excluding hydrogens is 284 g/mol. The largest absolute Gasteiger partial charge is 0.494 e. The Morgan fingerprint density at radius 2 is 1.83 bits per heavy atom. The van der Waals surface area contributed by atoms with E-state index < -0.39 is 0 Å². The zero-order chi connectivity index (χ0) is 16.3. The van der Waals surface area contributed by atoms with Crippen molar-refractivity contribution in [1.29, 1.82) is 0 Å². The molecule has 1 aromatic carbocycles. The molecule has 1 aliphatic heterocycles. The lowest BCUT2D eigenvalue weighted by atomic mass is 10.0. The fourth-order valence-electron chi connectivity index (χ4n) is 3.31. The van der Waals surface area contributed by atoms with Crippen molar-refractivity contribution in [2.24, 2.45) is 0 Å². The van der Waals surface area contributed by atoms with Crippen molar-refractivity contribution >= 4 is 0 Å². The summed E-state index contributed by atoms with van der Waals surface area (Å²) in [7, 11) is 2.06. The maximum atomic E-state index is 5.83. The van der Waals surface area contributed by atoms with Crippen molar-refractivity contribution < 1.29 is 4.74 Å². The van der Waals surface area contributed by atoms with E-state index in [1.807, 2.05) is 0 Å². The Hall–Kier alpha value is -1.06. The van der Waals surface area contributed by atoms with Crippen LogP contribution >= 0.6 is 0 Å². The van der Waals surface area contributed by atoms with Gasteiger partial charge in [-0.2, -0.15) is 0 Å². The lowest BCUT2D eigenvalue weighted by Crippen LogP contribution is -2.26. The van der Waals surface area contributed by atoms with Crippen molar-refractivity contribution in [2.75, 3.05) is 33.3 Å². The molecule has 1 unspecified atom stereocenters. The number of ether oxygens (including phenoxy) is 1. The standard InChI is InChI=1S/C20H34N2O/c1-3-4-5-8-17-23-19-11-9-18(10-12-19)20(21-2)13-16-22-14-6-7-15-22/h9-12,20-21H,3-8,13-17H2,1-2H3. The molecule has 0 aromatic heterocycles. The van der Waals surface area contributed by atoms with Crippen molar-refractivity contribution in [3.05, 3.63) is 29.8 Å². The monoisotopic (exact) mass is 318 g/mol. The summed E-state index contributed by atoms with van der Waals surface area (Å²) in [6.07, 6.45) is 8.93. The van der Waals surface area contributed by atoms with Crippen LogP contribution in [0.1, 0.15) is 63.5 Å². The molecule has 1 fully saturated rings. The van der Waals surface area contributed by atoms with Crippen LogP contribution in [-0.4, -0.2) is 38.2 Å². The highest BCUT2D eigenvalue weighted by molar-refractivity contribution is 5.29. The summed E-state index contributed by atoms with van der Waals surface area (Å²) in [6.45, 7) is 6.83. The van der Waals surface area contributed by atoms with Crippen LogP contribution < -0.4 is 10.1 Å². The fourth-order valence-corrected chi connectivity index (χ4v) is 3.31. The first kappa shape index (κ1) is 18.3. The van der Waals surface area contributed by atoms with Gasteiger partial charge in [-0.05, 0) is 70.1 Å². The Labute approximate surface area is 142 Å². The number of rotatable bonds is 11. The molecule has 2 rings (SSSR count). The summed E-state index contributed by atoms with van der Waals surface area (Å²) in [5.74, 6) is 1.000. The predicted molar refractivity (Wildman–Crippen MR) is 98.2 cm³/mol. The highest BCUT2D eigenvalue weighted by Gasteiger charge is 2.15. The van der Waals surface area contributed by atoms with E-state index in [1.165, 1.54) is 63.7 Å². The number of unbranched alkanes of at least 4 members (excludes halogenated alkanes) is 3. The summed E-state index contributed by atoms with van der Waals surface area (Å²) < 4.78 is 5.83. The minimum Gasteiger partial charge on any atom is -0.494 e. The normalized spacial score (nSPS) is 16.6. The van der Waals surface area contributed by atoms with Crippen LogP contribution in [0.4, 0.5) is 0 Å². The molecule has 3 nitrogen and oxygen atoms in total. The van der Waals surface area contributed by atoms with Gasteiger partial charge in [0.05, 0.1) is 6.61 Å². The maximum Gasteiger partial charge on any atom is 0.119 e. The number of likely N-dealkylation sites (tertiary alicyclic amines) is 1. The van der Waals surface area contributed by atoms with Crippen LogP contribution in [0.3, 0.4) is 0 Å². The molecule has 0 amide bonds. The third-order valence-electron chi connectivity index (χ3n) is 4.83. The Kier molecular flexibility index (Phi) is 8.48. The van der Waals surface area contributed by atoms with Gasteiger partial charge in [-0.3, -0.25) is 0 Å². The summed E-state index contributed by atoms with van der Waals surface area (Å²) in [5, 5.41) is 3.46. The summed E-state index contributed by atoms with van der Waals surface area (Å²) in [4.78, 5) is 2.58. The molecule has 0 radical (unpaired) electrons. The number of hydrogen-bond donors (Lipinski definition) is 1. The molecule has 0 bridgehead atoms. The number of nitrogens with one attached hydrogen (secondary N) is 1. The van der Waals surface area contributed by atoms with Gasteiger partial charge < -0.3 is 15.0 Å². The van der Waals surface area contributed by atoms with Gasteiger partial charge in [0.15, 0.2) is 0 Å². The lowest BCUT2D eigenvalue weighted by molar-refractivity contribution is 0.304. The summed E-state index contributed by atoms with van der Waals surface area (Å²) in [5.41, 5.74) is 1.37. The van der Waals surface area contributed by atoms with E-state index in [4.69, 9.17) is 4.74 Å². The Balaban J connectivity index is 1.74. The van der Waals surface area contributed by atoms with Gasteiger partial charge >= 0.3 is 0 Å². The molecule has 0 spiro atoms. The summed E-state index contributed by atoms with van der Waals surface area (Å²) >= 11 is 0. The maximum absolute atomic E-state index is 5.83. The first-order chi connectivity index (χ1) is 11.3. The third kappa shape index (κ3) is 6.52. The van der Waals surface area contributed by atoms with Gasteiger partial charge in [0.1, 0.15) is 5.75 Å². The van der Waals surface area contributed by atoms with Gasteiger partial charge in [0, 0.05) is 6.04 Å². The van der Waals surface area contributed by atoms with Crippen molar-refractivity contribution in [2.45, 2.75) is 57.9 Å². The van der Waals surface area contributed by atoms with Crippen LogP contribution in [0, 0.1) is 0 Å². The van der Waals surface area contributed by atoms with E-state index in [0.717, 1.165) is 18.8 Å². The minimum absolute atomic E-state index is 0.439. The van der Waals surface area contributed by atoms with Gasteiger partial charge in [-0.25, -0.2) is 0 Å². The molecule has 23 heavy (non-hydrogen) atoms. The average Bonchev–Trinajstić information content (AvgIpc) is 3.10. The van der Waals surface area contributed by atoms with Crippen molar-refractivity contribution in [1.82, 2.24) is 10.2 Å². The Morgan fingerprint density at radius 3 is 2.48 bits per heavy atom. The molecule has 1 aromatic rings. The van der Waals surface area contributed by atoms with Gasteiger partial charge in [-0.15, -0.1) is 0 Å². The number of hydrogen-bond acceptors (Lipinski definition) is 3. The highest BCUT2D eigenvalue weighted by atomic mass is 16.5. The van der Waals surface area contributed by atoms with E-state index >= 15 is 0 Å². The topological polar surface area (TPSA) is 24.5 Å². The SMILES string of the molecule is CCCCCCOc1ccc(C(CCN2CCCC2)NC)cc1. The molecule has 1 aliphatic rings. The van der Waals surface area contributed by atoms with Gasteiger partial charge in [0.25, 0.3) is 0 Å². The van der Waals surface area contributed by atoms with Gasteiger partial charge in [-0.1, -0.05) is 38.3 Å². The van der Waals surface area contributed by atoms with E-state index in [0.29, 0.717) is 6.04 Å². The molecule has 1 atom stereocenters. The van der Waals surface area contributed by atoms with Gasteiger partial charge in [0.2, 0.25) is 0 Å². The average molecular weight is 319 g/mol.